The van der Waals surface area contributed by atoms with Gasteiger partial charge in [0.25, 0.3) is 0 Å². The van der Waals surface area contributed by atoms with Gasteiger partial charge in [-0.1, -0.05) is 13.1 Å². The molecule has 6 heteroatoms. The minimum atomic E-state index is -0.534. The van der Waals surface area contributed by atoms with Crippen LogP contribution in [0.15, 0.2) is 22.1 Å². The molecule has 0 spiro atoms. The summed E-state index contributed by atoms with van der Waals surface area (Å²) in [6.07, 6.45) is 7.56. The van der Waals surface area contributed by atoms with Crippen molar-refractivity contribution in [1.29, 1.82) is 0 Å². The van der Waals surface area contributed by atoms with Gasteiger partial charge in [0.05, 0.1) is 0 Å². The molecule has 0 heterocycles. The average molecular weight is 299 g/mol. The van der Waals surface area contributed by atoms with Crippen LogP contribution in [-0.4, -0.2) is 20.0 Å². The predicted molar refractivity (Wildman–Crippen MR) is 54.6 cm³/mol. The SMILES string of the molecule is C[Si](C)=CC(N)=O.[Cl-].[Cl-].[Ti+2][C]1=CC=CC1. The second-order valence-electron chi connectivity index (χ2n) is 2.95. The Balaban J connectivity index is -0.000000170. The fourth-order valence-corrected chi connectivity index (χ4v) is 1.64. The maximum atomic E-state index is 10.0. The van der Waals surface area contributed by atoms with Crippen LogP contribution in [0.1, 0.15) is 6.42 Å². The molecular weight excluding hydrogens is 285 g/mol. The van der Waals surface area contributed by atoms with Gasteiger partial charge in [-0.2, -0.15) is 0 Å². The van der Waals surface area contributed by atoms with E-state index in [0.29, 0.717) is 0 Å². The van der Waals surface area contributed by atoms with Crippen molar-refractivity contribution in [2.24, 2.45) is 5.73 Å². The fraction of sp³-hybridized carbons (Fsp3) is 0.333. The van der Waals surface area contributed by atoms with E-state index in [-0.39, 0.29) is 30.7 Å². The topological polar surface area (TPSA) is 43.1 Å². The Morgan fingerprint density at radius 2 is 2.07 bits per heavy atom. The third kappa shape index (κ3) is 17.0. The third-order valence-electron chi connectivity index (χ3n) is 1.20. The Morgan fingerprint density at radius 3 is 2.13 bits per heavy atom. The van der Waals surface area contributed by atoms with E-state index in [9.17, 15) is 4.79 Å². The summed E-state index contributed by atoms with van der Waals surface area (Å²) >= 11 is 2.14. The number of carbonyl (C=O) groups excluding carboxylic acids is 1. The van der Waals surface area contributed by atoms with Gasteiger partial charge < -0.3 is 30.5 Å². The molecule has 15 heavy (non-hydrogen) atoms. The van der Waals surface area contributed by atoms with Crippen LogP contribution in [0.2, 0.25) is 13.1 Å². The first-order chi connectivity index (χ1) is 6.02. The summed E-state index contributed by atoms with van der Waals surface area (Å²) in [5.74, 6) is -0.293. The Bertz CT molecular complexity index is 273. The van der Waals surface area contributed by atoms with E-state index >= 15 is 0 Å². The first-order valence-electron chi connectivity index (χ1n) is 4.04. The summed E-state index contributed by atoms with van der Waals surface area (Å²) in [5, 5.41) is 0. The summed E-state index contributed by atoms with van der Waals surface area (Å²) in [5.41, 5.74) is 6.40. The number of amides is 1. The van der Waals surface area contributed by atoms with E-state index in [2.05, 4.69) is 38.7 Å². The zero-order chi connectivity index (χ0) is 10.3. The fourth-order valence-electron chi connectivity index (χ4n) is 0.732. The molecule has 0 unspecified atom stereocenters. The van der Waals surface area contributed by atoms with Crippen molar-refractivity contribution in [3.05, 3.63) is 22.1 Å². The van der Waals surface area contributed by atoms with Crippen molar-refractivity contribution in [1.82, 2.24) is 0 Å². The molecule has 0 fully saturated rings. The van der Waals surface area contributed by atoms with Crippen LogP contribution in [-0.2, 0) is 25.2 Å². The van der Waals surface area contributed by atoms with E-state index in [4.69, 9.17) is 5.73 Å². The predicted octanol–water partition coefficient (Wildman–Crippen LogP) is -5.00. The van der Waals surface area contributed by atoms with Gasteiger partial charge in [0.2, 0.25) is 5.91 Å². The molecule has 2 N–H and O–H groups in total. The molecular formula is C9H14Cl2NOSiTi. The Kier molecular flexibility index (Phi) is 17.1. The molecule has 0 bridgehead atoms. The molecule has 0 atom stereocenters. The number of rotatable bonds is 1. The first kappa shape index (κ1) is 20.7. The molecule has 1 aliphatic rings. The molecule has 83 valence electrons. The van der Waals surface area contributed by atoms with Gasteiger partial charge in [-0.3, -0.25) is 4.79 Å². The molecule has 0 aromatic heterocycles. The molecule has 1 aliphatic carbocycles. The summed E-state index contributed by atoms with van der Waals surface area (Å²) < 4.78 is 1.47. The average Bonchev–Trinajstić information content (AvgIpc) is 2.37. The van der Waals surface area contributed by atoms with E-state index in [0.717, 1.165) is 0 Å². The molecule has 0 aromatic rings. The van der Waals surface area contributed by atoms with Crippen LogP contribution in [0.4, 0.5) is 0 Å². The number of carbonyl (C=O) groups is 1. The number of primary amides is 1. The van der Waals surface area contributed by atoms with Crippen LogP contribution in [0.5, 0.6) is 0 Å². The van der Waals surface area contributed by atoms with Crippen molar-refractivity contribution in [3.8, 4) is 0 Å². The van der Waals surface area contributed by atoms with Crippen LogP contribution >= 0.6 is 0 Å². The Morgan fingerprint density at radius 1 is 1.53 bits per heavy atom. The van der Waals surface area contributed by atoms with Crippen molar-refractivity contribution in [3.63, 3.8) is 0 Å². The van der Waals surface area contributed by atoms with Crippen molar-refractivity contribution >= 4 is 20.0 Å². The molecule has 0 aliphatic heterocycles. The van der Waals surface area contributed by atoms with Crippen molar-refractivity contribution in [2.75, 3.05) is 0 Å². The number of allylic oxidation sites excluding steroid dienone is 4. The maximum absolute atomic E-state index is 10.0. The molecule has 0 radical (unpaired) electrons. The second-order valence-corrected chi connectivity index (χ2v) is 6.39. The zero-order valence-corrected chi connectivity index (χ0v) is 12.8. The van der Waals surface area contributed by atoms with Gasteiger partial charge in [0.1, 0.15) is 0 Å². The molecule has 0 aromatic carbocycles. The molecule has 0 saturated heterocycles. The monoisotopic (exact) mass is 298 g/mol. The summed E-state index contributed by atoms with van der Waals surface area (Å²) in [6.45, 7) is 4.02. The van der Waals surface area contributed by atoms with E-state index in [1.54, 1.807) is 5.67 Å². The molecule has 2 nitrogen and oxygen atoms in total. The van der Waals surface area contributed by atoms with Crippen LogP contribution < -0.4 is 30.5 Å². The van der Waals surface area contributed by atoms with Crippen LogP contribution in [0, 0.1) is 0 Å². The molecule has 0 saturated carbocycles. The van der Waals surface area contributed by atoms with Gasteiger partial charge in [0.15, 0.2) is 0 Å². The second kappa shape index (κ2) is 12.4. The van der Waals surface area contributed by atoms with Gasteiger partial charge >= 0.3 is 49.0 Å². The van der Waals surface area contributed by atoms with Gasteiger partial charge in [0, 0.05) is 8.41 Å². The standard InChI is InChI=1S/C5H5.C4H9NOSi.2ClH.Ti/c1-2-4-5-3-1;1-7(2)3-4(5)6;;;/h1-3H,4H2;3H,1-2H3,(H2,5,6);2*1H;/q;;;;+2/p-2. The van der Waals surface area contributed by atoms with Gasteiger partial charge in [-0.25, -0.2) is 0 Å². The molecule has 1 rings (SSSR count). The number of halogens is 2. The quantitative estimate of drug-likeness (QED) is 0.484. The first-order valence-corrected chi connectivity index (χ1v) is 7.40. The van der Waals surface area contributed by atoms with Gasteiger partial charge in [-0.05, 0) is 5.67 Å². The number of hydrogen-bond acceptors (Lipinski definition) is 1. The molecule has 1 amide bonds. The zero-order valence-electron chi connectivity index (χ0n) is 8.76. The summed E-state index contributed by atoms with van der Waals surface area (Å²) in [6, 6.07) is 0. The van der Waals surface area contributed by atoms with Crippen molar-refractivity contribution < 1.29 is 50.0 Å². The number of hydrogen-bond donors (Lipinski definition) is 1. The normalized spacial score (nSPS) is 11.1. The van der Waals surface area contributed by atoms with E-state index < -0.39 is 8.41 Å². The summed E-state index contributed by atoms with van der Waals surface area (Å²) in [7, 11) is -0.534. The van der Waals surface area contributed by atoms with Crippen molar-refractivity contribution in [2.45, 2.75) is 19.5 Å². The third-order valence-corrected chi connectivity index (χ3v) is 2.64. The summed E-state index contributed by atoms with van der Waals surface area (Å²) in [4.78, 5) is 10.0. The Hall–Kier alpha value is 0.331. The van der Waals surface area contributed by atoms with E-state index in [1.807, 2.05) is 13.1 Å². The number of nitrogens with two attached hydrogens (primary N) is 1. The van der Waals surface area contributed by atoms with E-state index in [1.165, 1.54) is 10.3 Å². The minimum absolute atomic E-state index is 0. The van der Waals surface area contributed by atoms with Crippen LogP contribution in [0.25, 0.3) is 0 Å². The van der Waals surface area contributed by atoms with Gasteiger partial charge in [-0.15, -0.1) is 0 Å². The van der Waals surface area contributed by atoms with Crippen LogP contribution in [0.3, 0.4) is 0 Å². The Labute approximate surface area is 117 Å².